The molecule has 0 amide bonds. The van der Waals surface area contributed by atoms with Crippen molar-refractivity contribution in [1.29, 1.82) is 0 Å². The van der Waals surface area contributed by atoms with Crippen LogP contribution in [0.25, 0.3) is 22.6 Å². The zero-order chi connectivity index (χ0) is 26.1. The molecule has 0 unspecified atom stereocenters. The molecule has 0 bridgehead atoms. The number of aromatic amines is 1. The molecule has 4 heterocycles. The number of pyridine rings is 1. The zero-order valence-corrected chi connectivity index (χ0v) is 22.2. The molecule has 9 heteroatoms. The van der Waals surface area contributed by atoms with Crippen molar-refractivity contribution in [3.05, 3.63) is 69.4 Å². The molecule has 1 aliphatic heterocycles. The van der Waals surface area contributed by atoms with E-state index < -0.39 is 0 Å². The minimum Gasteiger partial charge on any atom is -0.379 e. The van der Waals surface area contributed by atoms with E-state index in [1.54, 1.807) is 0 Å². The van der Waals surface area contributed by atoms with E-state index in [9.17, 15) is 4.79 Å². The lowest BCUT2D eigenvalue weighted by Gasteiger charge is -2.26. The molecular formula is C29H35N7O2. The number of ether oxygens (including phenoxy) is 1. The summed E-state index contributed by atoms with van der Waals surface area (Å²) in [5, 5.41) is 3.42. The highest BCUT2D eigenvalue weighted by Crippen LogP contribution is 2.33. The van der Waals surface area contributed by atoms with Crippen LogP contribution in [0.15, 0.2) is 41.5 Å². The minimum atomic E-state index is -0.0761. The van der Waals surface area contributed by atoms with Crippen molar-refractivity contribution >= 4 is 17.0 Å². The van der Waals surface area contributed by atoms with Gasteiger partial charge in [-0.3, -0.25) is 9.69 Å². The van der Waals surface area contributed by atoms with Gasteiger partial charge in [0.05, 0.1) is 19.5 Å². The SMILES string of the molecule is Cc1cc(C)c(CNc2nc(-c3ccc(CN4CCOCC4)cc3)nc3c2ncn3C2CCCC2)c(=O)[nH]1. The van der Waals surface area contributed by atoms with E-state index in [1.807, 2.05) is 26.2 Å². The molecule has 1 aliphatic carbocycles. The Bertz CT molecular complexity index is 1480. The van der Waals surface area contributed by atoms with E-state index in [0.29, 0.717) is 29.8 Å². The standard InChI is InChI=1S/C29H35N7O2/c1-19-15-20(2)32-29(37)24(19)16-30-27-25-28(36(18-31-25)23-5-3-4-6-23)34-26(33-27)22-9-7-21(8-10-22)17-35-11-13-38-14-12-35/h7-10,15,18,23H,3-6,11-14,16-17H2,1-2H3,(H,32,37)(H,30,33,34). The summed E-state index contributed by atoms with van der Waals surface area (Å²) in [6.07, 6.45) is 6.64. The third kappa shape index (κ3) is 5.08. The van der Waals surface area contributed by atoms with Crippen molar-refractivity contribution in [3.8, 4) is 11.4 Å². The molecule has 38 heavy (non-hydrogen) atoms. The van der Waals surface area contributed by atoms with Crippen molar-refractivity contribution < 1.29 is 4.74 Å². The van der Waals surface area contributed by atoms with Crippen molar-refractivity contribution in [2.75, 3.05) is 31.6 Å². The van der Waals surface area contributed by atoms with Crippen molar-refractivity contribution in [2.45, 2.75) is 58.7 Å². The molecule has 1 saturated carbocycles. The number of rotatable bonds is 7. The highest BCUT2D eigenvalue weighted by Gasteiger charge is 2.22. The number of imidazole rings is 1. The molecule has 2 N–H and O–H groups in total. The number of hydrogen-bond donors (Lipinski definition) is 2. The Morgan fingerprint density at radius 3 is 2.58 bits per heavy atom. The molecule has 1 saturated heterocycles. The zero-order valence-electron chi connectivity index (χ0n) is 22.2. The van der Waals surface area contributed by atoms with E-state index in [-0.39, 0.29) is 5.56 Å². The average molecular weight is 514 g/mol. The van der Waals surface area contributed by atoms with Crippen LogP contribution in [0.2, 0.25) is 0 Å². The first-order valence-electron chi connectivity index (χ1n) is 13.6. The van der Waals surface area contributed by atoms with Gasteiger partial charge < -0.3 is 19.6 Å². The predicted octanol–water partition coefficient (Wildman–Crippen LogP) is 4.36. The maximum absolute atomic E-state index is 12.6. The summed E-state index contributed by atoms with van der Waals surface area (Å²) in [5.41, 5.74) is 6.25. The second kappa shape index (κ2) is 10.7. The number of anilines is 1. The molecule has 3 aromatic heterocycles. The number of benzene rings is 1. The predicted molar refractivity (Wildman–Crippen MR) is 148 cm³/mol. The lowest BCUT2D eigenvalue weighted by Crippen LogP contribution is -2.35. The summed E-state index contributed by atoms with van der Waals surface area (Å²) < 4.78 is 7.69. The molecule has 0 radical (unpaired) electrons. The van der Waals surface area contributed by atoms with E-state index in [0.717, 1.165) is 73.7 Å². The summed E-state index contributed by atoms with van der Waals surface area (Å²) in [4.78, 5) is 32.6. The van der Waals surface area contributed by atoms with Gasteiger partial charge in [-0.05, 0) is 43.9 Å². The first kappa shape index (κ1) is 24.8. The second-order valence-electron chi connectivity index (χ2n) is 10.5. The number of aromatic nitrogens is 5. The number of nitrogens with one attached hydrogen (secondary N) is 2. The molecule has 2 aliphatic rings. The first-order valence-corrected chi connectivity index (χ1v) is 13.6. The molecule has 2 fully saturated rings. The van der Waals surface area contributed by atoms with Gasteiger partial charge in [-0.25, -0.2) is 15.0 Å². The van der Waals surface area contributed by atoms with E-state index in [2.05, 4.69) is 44.0 Å². The quantitative estimate of drug-likeness (QED) is 0.379. The Hall–Kier alpha value is -3.56. The maximum Gasteiger partial charge on any atom is 0.253 e. The van der Waals surface area contributed by atoms with Gasteiger partial charge in [-0.2, -0.15) is 0 Å². The van der Waals surface area contributed by atoms with Crippen LogP contribution in [0, 0.1) is 13.8 Å². The molecule has 0 atom stereocenters. The molecule has 4 aromatic rings. The molecule has 6 rings (SSSR count). The van der Waals surface area contributed by atoms with Gasteiger partial charge in [0, 0.05) is 49.0 Å². The number of morpholine rings is 1. The summed E-state index contributed by atoms with van der Waals surface area (Å²) in [6, 6.07) is 10.9. The van der Waals surface area contributed by atoms with Crippen molar-refractivity contribution in [2.24, 2.45) is 0 Å². The Labute approximate surface area is 222 Å². The van der Waals surface area contributed by atoms with E-state index in [4.69, 9.17) is 19.7 Å². The Morgan fingerprint density at radius 1 is 1.08 bits per heavy atom. The topological polar surface area (TPSA) is 101 Å². The first-order chi connectivity index (χ1) is 18.5. The normalized spacial score (nSPS) is 16.9. The van der Waals surface area contributed by atoms with Crippen LogP contribution in [0.5, 0.6) is 0 Å². The van der Waals surface area contributed by atoms with Crippen LogP contribution in [-0.4, -0.2) is 55.7 Å². The smallest absolute Gasteiger partial charge is 0.253 e. The van der Waals surface area contributed by atoms with Gasteiger partial charge in [-0.15, -0.1) is 0 Å². The van der Waals surface area contributed by atoms with Gasteiger partial charge in [0.2, 0.25) is 0 Å². The second-order valence-corrected chi connectivity index (χ2v) is 10.5. The number of nitrogens with zero attached hydrogens (tertiary/aromatic N) is 5. The molecule has 0 spiro atoms. The van der Waals surface area contributed by atoms with Gasteiger partial charge in [0.1, 0.15) is 5.52 Å². The van der Waals surface area contributed by atoms with Gasteiger partial charge in [0.15, 0.2) is 17.3 Å². The molecule has 1 aromatic carbocycles. The van der Waals surface area contributed by atoms with E-state index in [1.165, 1.54) is 18.4 Å². The van der Waals surface area contributed by atoms with Gasteiger partial charge >= 0.3 is 0 Å². The number of aryl methyl sites for hydroxylation is 2. The van der Waals surface area contributed by atoms with Crippen molar-refractivity contribution in [3.63, 3.8) is 0 Å². The summed E-state index contributed by atoms with van der Waals surface area (Å²) >= 11 is 0. The van der Waals surface area contributed by atoms with Crippen LogP contribution in [0.1, 0.15) is 54.1 Å². The van der Waals surface area contributed by atoms with Gasteiger partial charge in [0.25, 0.3) is 5.56 Å². The Kier molecular flexibility index (Phi) is 6.95. The number of H-pyrrole nitrogens is 1. The Morgan fingerprint density at radius 2 is 1.84 bits per heavy atom. The van der Waals surface area contributed by atoms with Crippen LogP contribution in [0.4, 0.5) is 5.82 Å². The molecule has 9 nitrogen and oxygen atoms in total. The highest BCUT2D eigenvalue weighted by atomic mass is 16.5. The minimum absolute atomic E-state index is 0.0761. The van der Waals surface area contributed by atoms with Gasteiger partial charge in [-0.1, -0.05) is 37.1 Å². The van der Waals surface area contributed by atoms with E-state index >= 15 is 0 Å². The third-order valence-corrected chi connectivity index (χ3v) is 7.79. The van der Waals surface area contributed by atoms with Crippen LogP contribution < -0.4 is 10.9 Å². The highest BCUT2D eigenvalue weighted by molar-refractivity contribution is 5.85. The van der Waals surface area contributed by atoms with Crippen LogP contribution in [0.3, 0.4) is 0 Å². The maximum atomic E-state index is 12.6. The fraction of sp³-hybridized carbons (Fsp3) is 0.448. The fourth-order valence-electron chi connectivity index (χ4n) is 5.67. The molecule has 198 valence electrons. The summed E-state index contributed by atoms with van der Waals surface area (Å²) in [7, 11) is 0. The average Bonchev–Trinajstić information content (AvgIpc) is 3.59. The number of hydrogen-bond acceptors (Lipinski definition) is 7. The van der Waals surface area contributed by atoms with Crippen molar-refractivity contribution in [1.82, 2.24) is 29.4 Å². The molecular weight excluding hydrogens is 478 g/mol. The largest absolute Gasteiger partial charge is 0.379 e. The number of fused-ring (bicyclic) bond motifs is 1. The third-order valence-electron chi connectivity index (χ3n) is 7.79. The Balaban J connectivity index is 1.33. The van der Waals surface area contributed by atoms with Crippen LogP contribution in [-0.2, 0) is 17.8 Å². The summed E-state index contributed by atoms with van der Waals surface area (Å²) in [6.45, 7) is 8.66. The lowest BCUT2D eigenvalue weighted by molar-refractivity contribution is 0.0342. The van der Waals surface area contributed by atoms with Crippen LogP contribution >= 0.6 is 0 Å². The monoisotopic (exact) mass is 513 g/mol. The lowest BCUT2D eigenvalue weighted by atomic mass is 10.1. The fourth-order valence-corrected chi connectivity index (χ4v) is 5.67. The summed E-state index contributed by atoms with van der Waals surface area (Å²) in [5.74, 6) is 1.31.